The molecule has 2 N–H and O–H groups in total. The molecule has 3 amide bonds. The number of aryl methyl sites for hydroxylation is 1. The van der Waals surface area contributed by atoms with Crippen molar-refractivity contribution in [2.45, 2.75) is 119 Å². The number of nitrogens with zero attached hydrogens (tertiary/aromatic N) is 9. The lowest BCUT2D eigenvalue weighted by atomic mass is 9.95. The molecule has 2 bridgehead atoms. The number of ether oxygens (including phenoxy) is 3. The van der Waals surface area contributed by atoms with Crippen LogP contribution in [0.1, 0.15) is 94.2 Å². The second kappa shape index (κ2) is 21.4. The summed E-state index contributed by atoms with van der Waals surface area (Å²) in [4.78, 5) is 74.8. The molecule has 7 aliphatic rings. The maximum atomic E-state index is 17.2. The molecule has 0 radical (unpaired) electrons. The minimum absolute atomic E-state index is 0.0143. The molecule has 0 aliphatic carbocycles. The van der Waals surface area contributed by atoms with Crippen LogP contribution in [0.25, 0.3) is 44.0 Å². The fourth-order valence-electron chi connectivity index (χ4n) is 14.3. The van der Waals surface area contributed by atoms with Crippen LogP contribution in [0.4, 0.5) is 19.4 Å². The van der Waals surface area contributed by atoms with Crippen LogP contribution < -0.4 is 26.0 Å². The molecule has 3 aromatic carbocycles. The minimum Gasteiger partial charge on any atom is -0.461 e. The summed E-state index contributed by atoms with van der Waals surface area (Å²) in [6, 6.07) is 14.1. The van der Waals surface area contributed by atoms with Crippen molar-refractivity contribution < 1.29 is 37.4 Å². The summed E-state index contributed by atoms with van der Waals surface area (Å²) in [5.74, 6) is 1.49. The molecular weight excluding hydrogens is 1020 g/mol. The number of likely N-dealkylation sites (tertiary alicyclic amines) is 2. The topological polar surface area (TPSA) is 182 Å². The van der Waals surface area contributed by atoms with Crippen LogP contribution >= 0.6 is 0 Å². The van der Waals surface area contributed by atoms with Crippen molar-refractivity contribution in [1.29, 1.82) is 0 Å². The number of fused-ring (bicyclic) bond motifs is 6. The third kappa shape index (κ3) is 9.62. The Morgan fingerprint density at radius 3 is 2.48 bits per heavy atom. The average molecular weight is 1090 g/mol. The maximum absolute atomic E-state index is 17.2. The Hall–Kier alpha value is -7.05. The Bertz CT molecular complexity index is 3520. The molecule has 0 saturated carbocycles. The van der Waals surface area contributed by atoms with Gasteiger partial charge in [0, 0.05) is 88.1 Å². The van der Waals surface area contributed by atoms with Gasteiger partial charge in [-0.25, -0.2) is 18.4 Å². The monoisotopic (exact) mass is 1090 g/mol. The molecule has 13 rings (SSSR count). The molecule has 6 aromatic rings. The number of amides is 3. The van der Waals surface area contributed by atoms with Gasteiger partial charge >= 0.3 is 17.8 Å². The van der Waals surface area contributed by atoms with Crippen LogP contribution in [-0.4, -0.2) is 152 Å². The van der Waals surface area contributed by atoms with E-state index in [1.165, 1.54) is 10.6 Å². The number of carbonyl (C=O) groups excluding carboxylic acids is 3. The number of imidazole rings is 1. The lowest BCUT2D eigenvalue weighted by Crippen LogP contribution is -2.51. The average Bonchev–Trinajstić information content (AvgIpc) is 4.33. The third-order valence-corrected chi connectivity index (χ3v) is 18.5. The highest BCUT2D eigenvalue weighted by atomic mass is 19.1. The Kier molecular flexibility index (Phi) is 14.0. The first kappa shape index (κ1) is 52.3. The number of piperazine rings is 1. The molecule has 7 saturated heterocycles. The van der Waals surface area contributed by atoms with Crippen LogP contribution in [0, 0.1) is 29.9 Å². The van der Waals surface area contributed by atoms with Crippen molar-refractivity contribution >= 4 is 56.4 Å². The Labute approximate surface area is 462 Å². The minimum atomic E-state index is -0.719. The number of piperidine rings is 3. The van der Waals surface area contributed by atoms with Crippen molar-refractivity contribution in [1.82, 2.24) is 49.4 Å². The zero-order chi connectivity index (χ0) is 54.8. The Morgan fingerprint density at radius 1 is 0.887 bits per heavy atom. The number of hydrogen-bond acceptors (Lipinski definition) is 14. The van der Waals surface area contributed by atoms with Gasteiger partial charge < -0.3 is 29.3 Å². The summed E-state index contributed by atoms with van der Waals surface area (Å²) in [6.45, 7) is 7.11. The number of pyridine rings is 1. The largest absolute Gasteiger partial charge is 0.461 e. The number of nitrogens with one attached hydrogen (secondary N) is 2. The fourth-order valence-corrected chi connectivity index (χ4v) is 14.3. The van der Waals surface area contributed by atoms with E-state index in [1.807, 2.05) is 24.3 Å². The molecule has 80 heavy (non-hydrogen) atoms. The van der Waals surface area contributed by atoms with Crippen molar-refractivity contribution in [2.24, 2.45) is 13.0 Å². The van der Waals surface area contributed by atoms with E-state index >= 15 is 8.78 Å². The highest BCUT2D eigenvalue weighted by Gasteiger charge is 2.50. The number of aromatic nitrogens is 5. The van der Waals surface area contributed by atoms with Gasteiger partial charge in [0.25, 0.3) is 0 Å². The van der Waals surface area contributed by atoms with Gasteiger partial charge in [0.15, 0.2) is 5.82 Å². The smallest absolute Gasteiger partial charge is 0.409 e. The number of imide groups is 1. The van der Waals surface area contributed by atoms with Gasteiger partial charge in [-0.1, -0.05) is 42.3 Å². The number of halogens is 2. The van der Waals surface area contributed by atoms with E-state index in [4.69, 9.17) is 30.6 Å². The van der Waals surface area contributed by atoms with Gasteiger partial charge in [0.1, 0.15) is 42.1 Å². The molecule has 7 aliphatic heterocycles. The van der Waals surface area contributed by atoms with Gasteiger partial charge in [-0.15, -0.1) is 6.42 Å². The first-order valence-electron chi connectivity index (χ1n) is 28.6. The van der Waals surface area contributed by atoms with Gasteiger partial charge in [-0.3, -0.25) is 38.8 Å². The predicted octanol–water partition coefficient (Wildman–Crippen LogP) is 6.58. The van der Waals surface area contributed by atoms with E-state index in [9.17, 15) is 19.2 Å². The molecule has 10 heterocycles. The number of carbonyl (C=O) groups is 3. The standard InChI is InChI=1S/C60H67F2N11O7/c1-3-43-46(61)14-11-37-7-4-9-44(50(37)43)52-51(62)53-45(29-63-52)55(71-31-39-12-13-40(32-71)64-39)67-57(66-53)80-35-60-22-6-24-72(60)41(17-23-60)34-79-59(77)70-27-20-42(21-28-70)78-33-36-18-25-69(26-19-36)30-38-8-5-10-47-54(38)68(2)58(76)73(47)48-15-16-49(74)65-56(48)75/h1,4-5,7-11,14,29,36,39-42,48,64H,6,12-13,15-28,30-35H2,2H3,(H,65,74,75)/t39?,40?,41-,48?,60-/m0/s1. The van der Waals surface area contributed by atoms with Crippen molar-refractivity contribution in [3.05, 3.63) is 88.0 Å². The SMILES string of the molecule is C#Cc1c(F)ccc2cccc(-c3ncc4c(N5CC6CCC(C5)N6)nc(OC[C@@]56CCCN5[C@H](COC(=O)N5CCC(OCC7CCN(Cc8cccc9c8n(C)c(=O)n9C8CCC(=O)NC8=O)CC7)CC5)CC6)nc4c3F)c12. The van der Waals surface area contributed by atoms with Crippen molar-refractivity contribution in [2.75, 3.05) is 70.5 Å². The van der Waals surface area contributed by atoms with E-state index in [2.05, 4.69) is 36.2 Å². The van der Waals surface area contributed by atoms with Crippen LogP contribution in [-0.2, 0) is 32.7 Å². The van der Waals surface area contributed by atoms with E-state index in [0.29, 0.717) is 91.3 Å². The summed E-state index contributed by atoms with van der Waals surface area (Å²) in [5.41, 5.74) is 2.47. The zero-order valence-electron chi connectivity index (χ0n) is 45.1. The van der Waals surface area contributed by atoms with E-state index in [-0.39, 0.29) is 83.3 Å². The van der Waals surface area contributed by atoms with Crippen molar-refractivity contribution in [3.8, 4) is 29.6 Å². The predicted molar refractivity (Wildman–Crippen MR) is 296 cm³/mol. The lowest BCUT2D eigenvalue weighted by molar-refractivity contribution is -0.135. The van der Waals surface area contributed by atoms with E-state index < -0.39 is 23.6 Å². The van der Waals surface area contributed by atoms with E-state index in [1.54, 1.807) is 40.9 Å². The second-order valence-electron chi connectivity index (χ2n) is 23.3. The zero-order valence-corrected chi connectivity index (χ0v) is 45.1. The quantitative estimate of drug-likeness (QED) is 0.0935. The molecular formula is C60H67F2N11O7. The summed E-state index contributed by atoms with van der Waals surface area (Å²) >= 11 is 0. The molecule has 18 nitrogen and oxygen atoms in total. The number of benzene rings is 3. The van der Waals surface area contributed by atoms with Gasteiger partial charge in [0.05, 0.1) is 33.6 Å². The highest BCUT2D eigenvalue weighted by Crippen LogP contribution is 2.44. The molecule has 0 spiro atoms. The third-order valence-electron chi connectivity index (χ3n) is 18.5. The summed E-state index contributed by atoms with van der Waals surface area (Å²) in [6.07, 6.45) is 16.8. The second-order valence-corrected chi connectivity index (χ2v) is 23.3. The molecule has 5 atom stereocenters. The Balaban J connectivity index is 0.606. The van der Waals surface area contributed by atoms with Crippen LogP contribution in [0.2, 0.25) is 0 Å². The van der Waals surface area contributed by atoms with Gasteiger partial charge in [-0.05, 0) is 119 Å². The first-order valence-corrected chi connectivity index (χ1v) is 28.6. The normalized spacial score (nSPS) is 25.0. The lowest BCUT2D eigenvalue weighted by Gasteiger charge is -2.36. The van der Waals surface area contributed by atoms with E-state index in [0.717, 1.165) is 94.9 Å². The number of para-hydroxylation sites is 1. The number of rotatable bonds is 13. The number of anilines is 1. The molecule has 3 unspecified atom stereocenters. The molecule has 418 valence electrons. The number of hydrogen-bond donors (Lipinski definition) is 2. The van der Waals surface area contributed by atoms with Crippen LogP contribution in [0.15, 0.2) is 59.5 Å². The first-order chi connectivity index (χ1) is 38.9. The Morgan fingerprint density at radius 2 is 1.69 bits per heavy atom. The fraction of sp³-hybridized carbons (Fsp3) is 0.517. The molecule has 7 fully saturated rings. The van der Waals surface area contributed by atoms with Crippen LogP contribution in [0.3, 0.4) is 0 Å². The summed E-state index contributed by atoms with van der Waals surface area (Å²) < 4.78 is 54.6. The summed E-state index contributed by atoms with van der Waals surface area (Å²) in [7, 11) is 1.74. The summed E-state index contributed by atoms with van der Waals surface area (Å²) in [5, 5.41) is 7.61. The van der Waals surface area contributed by atoms with Crippen molar-refractivity contribution in [3.63, 3.8) is 0 Å². The maximum Gasteiger partial charge on any atom is 0.409 e. The van der Waals surface area contributed by atoms with Gasteiger partial charge in [0.2, 0.25) is 11.8 Å². The van der Waals surface area contributed by atoms with Crippen LogP contribution in [0.5, 0.6) is 6.01 Å². The molecule has 3 aromatic heterocycles. The van der Waals surface area contributed by atoms with Gasteiger partial charge in [-0.2, -0.15) is 9.97 Å². The molecule has 20 heteroatoms. The number of terminal acetylenes is 1. The highest BCUT2D eigenvalue weighted by molar-refractivity contribution is 6.02.